The standard InChI is InChI=1S/C24H20ClN3O2/c25-17-11-9-16(10-12-17)21-20-22(27-14-4-13-26(21)27)24(30)28(23(20)29)19-8-3-6-15-5-1-2-7-18(15)19/h1-3,5-12,20-22H,4,13-14H2/t20-,21+,22-/m0/s1. The maximum atomic E-state index is 13.7. The van der Waals surface area contributed by atoms with Gasteiger partial charge in [0, 0.05) is 23.5 Å². The zero-order valence-corrected chi connectivity index (χ0v) is 17.0. The van der Waals surface area contributed by atoms with E-state index in [1.165, 1.54) is 4.90 Å². The maximum absolute atomic E-state index is 13.7. The number of carbonyl (C=O) groups is 2. The van der Waals surface area contributed by atoms with E-state index in [1.54, 1.807) is 0 Å². The number of nitrogens with zero attached hydrogens (tertiary/aromatic N) is 3. The van der Waals surface area contributed by atoms with Gasteiger partial charge < -0.3 is 0 Å². The molecule has 5 nitrogen and oxygen atoms in total. The number of hydrogen-bond acceptors (Lipinski definition) is 4. The van der Waals surface area contributed by atoms with Crippen LogP contribution in [0.5, 0.6) is 0 Å². The molecule has 2 amide bonds. The van der Waals surface area contributed by atoms with E-state index in [2.05, 4.69) is 10.0 Å². The highest BCUT2D eigenvalue weighted by Gasteiger charge is 2.62. The lowest BCUT2D eigenvalue weighted by atomic mass is 9.90. The number of carbonyl (C=O) groups excluding carboxylic acids is 2. The van der Waals surface area contributed by atoms with Crippen LogP contribution in [0.4, 0.5) is 5.69 Å². The van der Waals surface area contributed by atoms with Crippen molar-refractivity contribution in [2.24, 2.45) is 5.92 Å². The molecule has 0 N–H and O–H groups in total. The van der Waals surface area contributed by atoms with E-state index in [0.29, 0.717) is 10.7 Å². The van der Waals surface area contributed by atoms with Crippen LogP contribution in [-0.2, 0) is 9.59 Å². The Morgan fingerprint density at radius 3 is 2.27 bits per heavy atom. The molecule has 30 heavy (non-hydrogen) atoms. The van der Waals surface area contributed by atoms with Crippen LogP contribution in [0, 0.1) is 5.92 Å². The third-order valence-corrected chi connectivity index (χ3v) is 6.88. The first-order chi connectivity index (χ1) is 14.6. The minimum absolute atomic E-state index is 0.115. The first-order valence-electron chi connectivity index (χ1n) is 10.3. The maximum Gasteiger partial charge on any atom is 0.253 e. The molecule has 6 heteroatoms. The normalized spacial score (nSPS) is 26.6. The number of rotatable bonds is 2. The van der Waals surface area contributed by atoms with Gasteiger partial charge in [0.25, 0.3) is 5.91 Å². The van der Waals surface area contributed by atoms with Gasteiger partial charge >= 0.3 is 0 Å². The van der Waals surface area contributed by atoms with Crippen molar-refractivity contribution < 1.29 is 9.59 Å². The summed E-state index contributed by atoms with van der Waals surface area (Å²) in [6.07, 6.45) is 0.989. The van der Waals surface area contributed by atoms with Crippen molar-refractivity contribution >= 4 is 39.9 Å². The lowest BCUT2D eigenvalue weighted by molar-refractivity contribution is -0.126. The third-order valence-electron chi connectivity index (χ3n) is 6.62. The molecule has 6 rings (SSSR count). The van der Waals surface area contributed by atoms with Gasteiger partial charge in [-0.1, -0.05) is 60.1 Å². The lowest BCUT2D eigenvalue weighted by Crippen LogP contribution is -2.44. The van der Waals surface area contributed by atoms with Crippen molar-refractivity contribution in [3.63, 3.8) is 0 Å². The van der Waals surface area contributed by atoms with Gasteiger partial charge in [-0.15, -0.1) is 0 Å². The Morgan fingerprint density at radius 2 is 1.47 bits per heavy atom. The molecule has 150 valence electrons. The van der Waals surface area contributed by atoms with Gasteiger partial charge in [-0.2, -0.15) is 0 Å². The summed E-state index contributed by atoms with van der Waals surface area (Å²) in [6, 6.07) is 20.7. The van der Waals surface area contributed by atoms with E-state index < -0.39 is 12.0 Å². The molecule has 3 heterocycles. The summed E-state index contributed by atoms with van der Waals surface area (Å²) in [4.78, 5) is 28.8. The zero-order chi connectivity index (χ0) is 20.4. The van der Waals surface area contributed by atoms with E-state index in [4.69, 9.17) is 11.6 Å². The van der Waals surface area contributed by atoms with Crippen molar-refractivity contribution in [3.05, 3.63) is 77.3 Å². The highest BCUT2D eigenvalue weighted by molar-refractivity contribution is 6.30. The van der Waals surface area contributed by atoms with Crippen LogP contribution in [0.25, 0.3) is 10.8 Å². The second-order valence-corrected chi connectivity index (χ2v) is 8.59. The Hall–Kier alpha value is -2.73. The molecule has 3 aromatic rings. The number of hydrazine groups is 1. The first kappa shape index (κ1) is 18.1. The van der Waals surface area contributed by atoms with E-state index in [-0.39, 0.29) is 17.9 Å². The number of imide groups is 1. The summed E-state index contributed by atoms with van der Waals surface area (Å²) in [7, 11) is 0. The van der Waals surface area contributed by atoms with E-state index >= 15 is 0 Å². The van der Waals surface area contributed by atoms with E-state index in [1.807, 2.05) is 66.7 Å². The van der Waals surface area contributed by atoms with Crippen molar-refractivity contribution in [2.45, 2.75) is 18.5 Å². The van der Waals surface area contributed by atoms with Crippen molar-refractivity contribution in [3.8, 4) is 0 Å². The SMILES string of the molecule is O=C1[C@@H]2[C@@H](C(=O)N1c1cccc3ccccc13)N1CCCN1[C@@H]2c1ccc(Cl)cc1. The van der Waals surface area contributed by atoms with Crippen LogP contribution in [0.2, 0.25) is 5.02 Å². The quantitative estimate of drug-likeness (QED) is 0.590. The highest BCUT2D eigenvalue weighted by Crippen LogP contribution is 2.49. The van der Waals surface area contributed by atoms with Crippen LogP contribution in [-0.4, -0.2) is 41.0 Å². The molecular formula is C24H20ClN3O2. The molecule has 0 aliphatic carbocycles. The Kier molecular flexibility index (Phi) is 4.00. The van der Waals surface area contributed by atoms with Gasteiger partial charge in [0.05, 0.1) is 17.6 Å². The van der Waals surface area contributed by atoms with Crippen molar-refractivity contribution in [1.29, 1.82) is 0 Å². The summed E-state index contributed by atoms with van der Waals surface area (Å²) in [5.74, 6) is -0.654. The summed E-state index contributed by atoms with van der Waals surface area (Å²) in [6.45, 7) is 1.66. The monoisotopic (exact) mass is 417 g/mol. The summed E-state index contributed by atoms with van der Waals surface area (Å²) >= 11 is 6.10. The van der Waals surface area contributed by atoms with Gasteiger partial charge in [0.15, 0.2) is 0 Å². The highest BCUT2D eigenvalue weighted by atomic mass is 35.5. The number of hydrogen-bond donors (Lipinski definition) is 0. The molecule has 3 aliphatic rings. The Bertz CT molecular complexity index is 1170. The molecule has 0 saturated carbocycles. The summed E-state index contributed by atoms with van der Waals surface area (Å²) in [5, 5.41) is 6.94. The minimum Gasteiger partial charge on any atom is -0.274 e. The van der Waals surface area contributed by atoms with Crippen LogP contribution in [0.15, 0.2) is 66.7 Å². The van der Waals surface area contributed by atoms with E-state index in [9.17, 15) is 9.59 Å². The average Bonchev–Trinajstić information content (AvgIpc) is 3.41. The second-order valence-electron chi connectivity index (χ2n) is 8.16. The molecule has 3 saturated heterocycles. The molecule has 3 aromatic carbocycles. The predicted octanol–water partition coefficient (Wildman–Crippen LogP) is 4.03. The molecule has 0 aromatic heterocycles. The van der Waals surface area contributed by atoms with Gasteiger partial charge in [0.2, 0.25) is 5.91 Å². The minimum atomic E-state index is -0.445. The third kappa shape index (κ3) is 2.43. The molecule has 3 atom stereocenters. The van der Waals surface area contributed by atoms with Crippen LogP contribution in [0.1, 0.15) is 18.0 Å². The Labute approximate surface area is 179 Å². The summed E-state index contributed by atoms with van der Waals surface area (Å²) in [5.41, 5.74) is 1.71. The molecule has 0 unspecified atom stereocenters. The van der Waals surface area contributed by atoms with Crippen molar-refractivity contribution in [1.82, 2.24) is 10.0 Å². The smallest absolute Gasteiger partial charge is 0.253 e. The fraction of sp³-hybridized carbons (Fsp3) is 0.250. The number of benzene rings is 3. The van der Waals surface area contributed by atoms with Gasteiger partial charge in [-0.05, 0) is 35.6 Å². The number of amides is 2. The van der Waals surface area contributed by atoms with Crippen LogP contribution >= 0.6 is 11.6 Å². The number of halogens is 1. The molecule has 0 bridgehead atoms. The molecular weight excluding hydrogens is 398 g/mol. The summed E-state index contributed by atoms with van der Waals surface area (Å²) < 4.78 is 0. The van der Waals surface area contributed by atoms with E-state index in [0.717, 1.165) is 35.8 Å². The van der Waals surface area contributed by atoms with Crippen molar-refractivity contribution in [2.75, 3.05) is 18.0 Å². The number of fused-ring (bicyclic) bond motifs is 4. The van der Waals surface area contributed by atoms with Gasteiger partial charge in [0.1, 0.15) is 6.04 Å². The predicted molar refractivity (Wildman–Crippen MR) is 116 cm³/mol. The lowest BCUT2D eigenvalue weighted by Gasteiger charge is -2.30. The topological polar surface area (TPSA) is 43.9 Å². The van der Waals surface area contributed by atoms with Crippen LogP contribution in [0.3, 0.4) is 0 Å². The molecule has 0 radical (unpaired) electrons. The van der Waals surface area contributed by atoms with Crippen LogP contribution < -0.4 is 4.90 Å². The largest absolute Gasteiger partial charge is 0.274 e. The fourth-order valence-corrected chi connectivity index (χ4v) is 5.54. The van der Waals surface area contributed by atoms with Gasteiger partial charge in [-0.3, -0.25) is 9.59 Å². The average molecular weight is 418 g/mol. The molecule has 3 aliphatic heterocycles. The fourth-order valence-electron chi connectivity index (χ4n) is 5.41. The molecule has 3 fully saturated rings. The second kappa shape index (κ2) is 6.64. The number of anilines is 1. The van der Waals surface area contributed by atoms with Gasteiger partial charge in [-0.25, -0.2) is 14.9 Å². The Balaban J connectivity index is 1.48. The zero-order valence-electron chi connectivity index (χ0n) is 16.2. The molecule has 0 spiro atoms. The Morgan fingerprint density at radius 1 is 0.767 bits per heavy atom. The first-order valence-corrected chi connectivity index (χ1v) is 10.7.